The predicted molar refractivity (Wildman–Crippen MR) is 44.9 cm³/mol. The van der Waals surface area contributed by atoms with Crippen LogP contribution in [0.25, 0.3) is 0 Å². The zero-order valence-corrected chi connectivity index (χ0v) is 6.96. The molecule has 0 unspecified atom stereocenters. The van der Waals surface area contributed by atoms with Gasteiger partial charge in [0.15, 0.2) is 6.29 Å². The van der Waals surface area contributed by atoms with Crippen LogP contribution in [-0.4, -0.2) is 11.4 Å². The summed E-state index contributed by atoms with van der Waals surface area (Å²) in [5.74, 6) is -0.449. The highest BCUT2D eigenvalue weighted by molar-refractivity contribution is 5.78. The summed E-state index contributed by atoms with van der Waals surface area (Å²) in [4.78, 5) is 10.6. The molecule has 0 radical (unpaired) electrons. The smallest absolute Gasteiger partial charge is 0.150 e. The minimum Gasteiger partial charge on any atom is -0.385 e. The Morgan fingerprint density at radius 3 is 2.69 bits per heavy atom. The molecule has 68 valence electrons. The van der Waals surface area contributed by atoms with Crippen LogP contribution in [0.2, 0.25) is 0 Å². The first-order valence-electron chi connectivity index (χ1n) is 4.13. The van der Waals surface area contributed by atoms with Gasteiger partial charge in [-0.3, -0.25) is 4.79 Å². The first-order valence-corrected chi connectivity index (χ1v) is 4.13. The molecule has 1 fully saturated rings. The number of rotatable bonds is 2. The van der Waals surface area contributed by atoms with Crippen molar-refractivity contribution in [3.8, 4) is 0 Å². The molecule has 1 aromatic carbocycles. The molecular weight excluding hydrogens is 171 g/mol. The number of carbonyl (C=O) groups is 1. The minimum atomic E-state index is -0.871. The Morgan fingerprint density at radius 2 is 2.15 bits per heavy atom. The maximum atomic E-state index is 12.7. The number of halogens is 1. The van der Waals surface area contributed by atoms with Crippen molar-refractivity contribution in [2.24, 2.45) is 0 Å². The number of aldehydes is 1. The predicted octanol–water partition coefficient (Wildman–Crippen LogP) is 1.62. The summed E-state index contributed by atoms with van der Waals surface area (Å²) in [6, 6.07) is 3.89. The Balaban J connectivity index is 2.50. The van der Waals surface area contributed by atoms with Crippen LogP contribution >= 0.6 is 0 Å². The lowest BCUT2D eigenvalue weighted by molar-refractivity contribution is 0.110. The van der Waals surface area contributed by atoms with Gasteiger partial charge in [0.1, 0.15) is 5.82 Å². The summed E-state index contributed by atoms with van der Waals surface area (Å²) >= 11 is 0. The molecule has 0 heterocycles. The second-order valence-corrected chi connectivity index (χ2v) is 3.38. The van der Waals surface area contributed by atoms with Crippen LogP contribution in [0.15, 0.2) is 18.2 Å². The summed E-state index contributed by atoms with van der Waals surface area (Å²) in [5.41, 5.74) is -0.0758. The van der Waals surface area contributed by atoms with Crippen molar-refractivity contribution in [1.82, 2.24) is 0 Å². The van der Waals surface area contributed by atoms with Crippen molar-refractivity contribution in [2.45, 2.75) is 18.4 Å². The fraction of sp³-hybridized carbons (Fsp3) is 0.300. The van der Waals surface area contributed by atoms with E-state index in [1.807, 2.05) is 0 Å². The molecule has 3 heteroatoms. The summed E-state index contributed by atoms with van der Waals surface area (Å²) in [6.07, 6.45) is 1.88. The van der Waals surface area contributed by atoms with Crippen molar-refractivity contribution in [3.63, 3.8) is 0 Å². The van der Waals surface area contributed by atoms with E-state index >= 15 is 0 Å². The minimum absolute atomic E-state index is 0.250. The summed E-state index contributed by atoms with van der Waals surface area (Å²) in [7, 11) is 0. The molecule has 1 aromatic rings. The molecule has 0 saturated heterocycles. The van der Waals surface area contributed by atoms with Gasteiger partial charge in [-0.05, 0) is 30.5 Å². The van der Waals surface area contributed by atoms with Gasteiger partial charge in [-0.2, -0.15) is 0 Å². The fourth-order valence-corrected chi connectivity index (χ4v) is 1.44. The van der Waals surface area contributed by atoms with Gasteiger partial charge < -0.3 is 5.11 Å². The van der Waals surface area contributed by atoms with Crippen molar-refractivity contribution >= 4 is 6.29 Å². The van der Waals surface area contributed by atoms with Crippen LogP contribution in [0.4, 0.5) is 4.39 Å². The average Bonchev–Trinajstić information content (AvgIpc) is 2.84. The Kier molecular flexibility index (Phi) is 1.70. The lowest BCUT2D eigenvalue weighted by atomic mass is 10.0. The first-order chi connectivity index (χ1) is 6.15. The van der Waals surface area contributed by atoms with Gasteiger partial charge in [0.05, 0.1) is 5.60 Å². The topological polar surface area (TPSA) is 37.3 Å². The molecule has 1 aliphatic rings. The third kappa shape index (κ3) is 1.35. The lowest BCUT2D eigenvalue weighted by Gasteiger charge is -2.10. The Hall–Kier alpha value is -1.22. The van der Waals surface area contributed by atoms with Crippen molar-refractivity contribution in [1.29, 1.82) is 0 Å². The van der Waals surface area contributed by atoms with E-state index in [1.165, 1.54) is 12.1 Å². The Bertz CT molecular complexity index is 356. The second-order valence-electron chi connectivity index (χ2n) is 3.38. The highest BCUT2D eigenvalue weighted by Crippen LogP contribution is 2.46. The van der Waals surface area contributed by atoms with Crippen LogP contribution in [0.5, 0.6) is 0 Å². The van der Waals surface area contributed by atoms with E-state index in [0.717, 1.165) is 6.07 Å². The van der Waals surface area contributed by atoms with Crippen LogP contribution in [0.1, 0.15) is 28.8 Å². The quantitative estimate of drug-likeness (QED) is 0.702. The average molecular weight is 180 g/mol. The molecule has 2 nitrogen and oxygen atoms in total. The molecule has 1 N–H and O–H groups in total. The van der Waals surface area contributed by atoms with Crippen molar-refractivity contribution in [2.75, 3.05) is 0 Å². The van der Waals surface area contributed by atoms with Gasteiger partial charge in [0, 0.05) is 5.56 Å². The molecule has 0 atom stereocenters. The third-order valence-electron chi connectivity index (χ3n) is 2.37. The molecule has 0 spiro atoms. The van der Waals surface area contributed by atoms with E-state index in [2.05, 4.69) is 0 Å². The van der Waals surface area contributed by atoms with Crippen LogP contribution < -0.4 is 0 Å². The van der Waals surface area contributed by atoms with Crippen LogP contribution in [0.3, 0.4) is 0 Å². The van der Waals surface area contributed by atoms with Gasteiger partial charge in [-0.1, -0.05) is 6.07 Å². The van der Waals surface area contributed by atoms with E-state index in [4.69, 9.17) is 0 Å². The molecule has 0 amide bonds. The van der Waals surface area contributed by atoms with Gasteiger partial charge in [-0.25, -0.2) is 4.39 Å². The molecule has 0 aromatic heterocycles. The molecule has 1 aliphatic carbocycles. The number of aliphatic hydroxyl groups is 1. The number of carbonyl (C=O) groups excluding carboxylic acids is 1. The lowest BCUT2D eigenvalue weighted by Crippen LogP contribution is -2.08. The zero-order chi connectivity index (χ0) is 9.47. The molecule has 0 aliphatic heterocycles. The molecule has 1 saturated carbocycles. The van der Waals surface area contributed by atoms with E-state index in [9.17, 15) is 14.3 Å². The Labute approximate surface area is 75.0 Å². The maximum absolute atomic E-state index is 12.7. The van der Waals surface area contributed by atoms with E-state index in [1.54, 1.807) is 0 Å². The van der Waals surface area contributed by atoms with Crippen LogP contribution in [-0.2, 0) is 5.60 Å². The largest absolute Gasteiger partial charge is 0.385 e. The van der Waals surface area contributed by atoms with Crippen LogP contribution in [0, 0.1) is 5.82 Å². The van der Waals surface area contributed by atoms with E-state index in [0.29, 0.717) is 24.7 Å². The molecule has 2 rings (SSSR count). The summed E-state index contributed by atoms with van der Waals surface area (Å²) in [6.45, 7) is 0. The van der Waals surface area contributed by atoms with Gasteiger partial charge in [0.2, 0.25) is 0 Å². The van der Waals surface area contributed by atoms with Gasteiger partial charge >= 0.3 is 0 Å². The van der Waals surface area contributed by atoms with Gasteiger partial charge in [0.25, 0.3) is 0 Å². The molecule has 0 bridgehead atoms. The van der Waals surface area contributed by atoms with Crippen molar-refractivity contribution < 1.29 is 14.3 Å². The SMILES string of the molecule is O=Cc1cc(F)ccc1C1(O)CC1. The summed E-state index contributed by atoms with van der Waals surface area (Å²) < 4.78 is 12.7. The number of hydrogen-bond acceptors (Lipinski definition) is 2. The second kappa shape index (κ2) is 2.64. The summed E-state index contributed by atoms with van der Waals surface area (Å²) in [5, 5.41) is 9.72. The van der Waals surface area contributed by atoms with E-state index < -0.39 is 11.4 Å². The third-order valence-corrected chi connectivity index (χ3v) is 2.37. The molecular formula is C10H9FO2. The monoisotopic (exact) mass is 180 g/mol. The zero-order valence-electron chi connectivity index (χ0n) is 6.96. The van der Waals surface area contributed by atoms with E-state index in [-0.39, 0.29) is 5.56 Å². The Morgan fingerprint density at radius 1 is 1.46 bits per heavy atom. The standard InChI is InChI=1S/C10H9FO2/c11-8-1-2-9(7(5-8)6-12)10(13)3-4-10/h1-2,5-6,13H,3-4H2. The number of hydrogen-bond donors (Lipinski definition) is 1. The van der Waals surface area contributed by atoms with Gasteiger partial charge in [-0.15, -0.1) is 0 Å². The fourth-order valence-electron chi connectivity index (χ4n) is 1.44. The number of benzene rings is 1. The maximum Gasteiger partial charge on any atom is 0.150 e. The first kappa shape index (κ1) is 8.38. The molecule has 13 heavy (non-hydrogen) atoms. The highest BCUT2D eigenvalue weighted by Gasteiger charge is 2.43. The highest BCUT2D eigenvalue weighted by atomic mass is 19.1. The van der Waals surface area contributed by atoms with Crippen molar-refractivity contribution in [3.05, 3.63) is 35.1 Å². The normalized spacial score (nSPS) is 18.3.